The summed E-state index contributed by atoms with van der Waals surface area (Å²) in [5.41, 5.74) is 10.5. The smallest absolute Gasteiger partial charge is 0.264 e. The van der Waals surface area contributed by atoms with E-state index in [0.717, 1.165) is 59.9 Å². The number of carbonyl (C=O) groups excluding carboxylic acids is 2. The maximum atomic E-state index is 13.5. The fraction of sp³-hybridized carbons (Fsp3) is 0.373. The number of aryl methyl sites for hydroxylation is 2. The molecular formula is C59H77N9O9S2. The van der Waals surface area contributed by atoms with E-state index in [0.29, 0.717) is 67.6 Å². The first kappa shape index (κ1) is 62.1. The number of carbonyl (C=O) groups is 2. The number of anilines is 3. The molecule has 0 aliphatic carbocycles. The molecule has 18 nitrogen and oxygen atoms in total. The minimum Gasteiger partial charge on any atom is -0.497 e. The van der Waals surface area contributed by atoms with Crippen molar-refractivity contribution in [1.82, 2.24) is 19.8 Å². The summed E-state index contributed by atoms with van der Waals surface area (Å²) in [6.45, 7) is 12.5. The highest BCUT2D eigenvalue weighted by Crippen LogP contribution is 2.36. The fourth-order valence-electron chi connectivity index (χ4n) is 8.70. The van der Waals surface area contributed by atoms with Crippen LogP contribution in [0.5, 0.6) is 17.2 Å². The second-order valence-electron chi connectivity index (χ2n) is 18.8. The Morgan fingerprint density at radius 1 is 0.633 bits per heavy atom. The maximum Gasteiger partial charge on any atom is 0.264 e. The monoisotopic (exact) mass is 1120 g/mol. The van der Waals surface area contributed by atoms with Crippen molar-refractivity contribution in [3.63, 3.8) is 0 Å². The molecule has 0 unspecified atom stereocenters. The number of nitrogens with one attached hydrogen (secondary N) is 1. The highest BCUT2D eigenvalue weighted by molar-refractivity contribution is 7.93. The quantitative estimate of drug-likeness (QED) is 0.0642. The summed E-state index contributed by atoms with van der Waals surface area (Å²) in [5, 5.41) is 3.04. The number of piperidine rings is 2. The average molecular weight is 1120 g/mol. The summed E-state index contributed by atoms with van der Waals surface area (Å²) in [6, 6.07) is 38.1. The molecule has 0 bridgehead atoms. The van der Waals surface area contributed by atoms with Crippen molar-refractivity contribution in [2.24, 2.45) is 10.7 Å². The van der Waals surface area contributed by atoms with E-state index in [1.807, 2.05) is 39.0 Å². The van der Waals surface area contributed by atoms with Crippen LogP contribution in [-0.2, 0) is 29.6 Å². The third-order valence-electron chi connectivity index (χ3n) is 12.8. The number of nitrogens with two attached hydrogens (primary N) is 1. The van der Waals surface area contributed by atoms with E-state index in [1.54, 1.807) is 88.7 Å². The Balaban J connectivity index is 0.000000220. The van der Waals surface area contributed by atoms with Gasteiger partial charge in [-0.05, 0) is 138 Å². The number of aromatic nitrogens is 2. The predicted molar refractivity (Wildman–Crippen MR) is 314 cm³/mol. The summed E-state index contributed by atoms with van der Waals surface area (Å²) in [4.78, 5) is 42.3. The number of aliphatic imine (C=N–C) groups is 1. The molecule has 1 aromatic heterocycles. The number of hydrogen-bond donors (Lipinski definition) is 2. The van der Waals surface area contributed by atoms with Gasteiger partial charge < -0.3 is 35.1 Å². The molecule has 2 saturated heterocycles. The summed E-state index contributed by atoms with van der Waals surface area (Å²) >= 11 is 0. The summed E-state index contributed by atoms with van der Waals surface area (Å²) < 4.78 is 72.4. The number of nitrogens with zero attached hydrogens (tertiary/aromatic N) is 7. The van der Waals surface area contributed by atoms with Crippen LogP contribution in [0.15, 0.2) is 148 Å². The molecule has 3 heterocycles. The lowest BCUT2D eigenvalue weighted by Crippen LogP contribution is -2.45. The van der Waals surface area contributed by atoms with Gasteiger partial charge in [-0.1, -0.05) is 81.9 Å². The molecule has 5 aromatic carbocycles. The number of hydrogen-bond acceptors (Lipinski definition) is 12. The predicted octanol–water partition coefficient (Wildman–Crippen LogP) is 10.1. The van der Waals surface area contributed by atoms with Gasteiger partial charge >= 0.3 is 0 Å². The van der Waals surface area contributed by atoms with Gasteiger partial charge in [-0.25, -0.2) is 26.8 Å². The lowest BCUT2D eigenvalue weighted by molar-refractivity contribution is -0.131. The number of sulfonamides is 2. The SMILES string of the molecule is C.CCOc1ccccc1N(CC(=O)N1CCCCC1)S(=O)(=O)c1ccccc1.COc1ccc(OC)c(N(CC(=O)N2CCCCC2)S(=O)(=O)c2ccccc2)c1.Cc1cc(C)nc(N=C(N)Nc2ccc(C(C)C)cc2)n1. The zero-order valence-corrected chi connectivity index (χ0v) is 47.3. The molecule has 0 spiro atoms. The number of likely N-dealkylation sites (tertiary alicyclic amines) is 2. The van der Waals surface area contributed by atoms with E-state index in [2.05, 4.69) is 46.3 Å². The van der Waals surface area contributed by atoms with E-state index in [1.165, 1.54) is 48.4 Å². The van der Waals surface area contributed by atoms with Crippen molar-refractivity contribution in [1.29, 1.82) is 0 Å². The number of ether oxygens (including phenoxy) is 3. The van der Waals surface area contributed by atoms with Crippen LogP contribution in [0.1, 0.15) is 89.6 Å². The Morgan fingerprint density at radius 3 is 1.58 bits per heavy atom. The van der Waals surface area contributed by atoms with E-state index in [9.17, 15) is 26.4 Å². The fourth-order valence-corrected chi connectivity index (χ4v) is 11.6. The third kappa shape index (κ3) is 17.4. The highest BCUT2D eigenvalue weighted by atomic mass is 32.2. The molecule has 2 fully saturated rings. The molecule has 6 aromatic rings. The van der Waals surface area contributed by atoms with Gasteiger partial charge in [0.1, 0.15) is 30.3 Å². The lowest BCUT2D eigenvalue weighted by atomic mass is 10.0. The van der Waals surface area contributed by atoms with Gasteiger partial charge in [0.05, 0.1) is 42.0 Å². The molecule has 79 heavy (non-hydrogen) atoms. The number of methoxy groups -OCH3 is 2. The Kier molecular flexibility index (Phi) is 23.5. The van der Waals surface area contributed by atoms with E-state index in [-0.39, 0.29) is 53.8 Å². The molecule has 2 amide bonds. The van der Waals surface area contributed by atoms with Crippen molar-refractivity contribution < 1.29 is 40.6 Å². The minimum absolute atomic E-state index is 0. The molecule has 8 rings (SSSR count). The summed E-state index contributed by atoms with van der Waals surface area (Å²) in [5.74, 6) is 1.99. The van der Waals surface area contributed by atoms with Crippen LogP contribution in [0, 0.1) is 13.8 Å². The Hall–Kier alpha value is -7.71. The van der Waals surface area contributed by atoms with E-state index in [4.69, 9.17) is 19.9 Å². The molecular weight excluding hydrogens is 1040 g/mol. The molecule has 2 aliphatic heterocycles. The maximum absolute atomic E-state index is 13.5. The molecule has 20 heteroatoms. The van der Waals surface area contributed by atoms with Crippen molar-refractivity contribution >= 4 is 60.8 Å². The first-order chi connectivity index (χ1) is 37.4. The topological polar surface area (TPSA) is 219 Å². The van der Waals surface area contributed by atoms with Gasteiger partial charge in [-0.2, -0.15) is 4.99 Å². The van der Waals surface area contributed by atoms with Crippen molar-refractivity contribution in [2.45, 2.75) is 96.3 Å². The lowest BCUT2D eigenvalue weighted by Gasteiger charge is -2.31. The zero-order chi connectivity index (χ0) is 56.2. The summed E-state index contributed by atoms with van der Waals surface area (Å²) in [7, 11) is -4.95. The van der Waals surface area contributed by atoms with Crippen LogP contribution in [0.3, 0.4) is 0 Å². The second-order valence-corrected chi connectivity index (χ2v) is 22.5. The van der Waals surface area contributed by atoms with Crippen molar-refractivity contribution in [3.05, 3.63) is 150 Å². The van der Waals surface area contributed by atoms with Gasteiger partial charge in [0.15, 0.2) is 0 Å². The standard InChI is InChI=1S/C21H26N2O5S.C21H26N2O4S.C16H21N5.CH4/c1-27-17-11-12-20(28-2)19(15-17)23(16-21(24)22-13-7-4-8-14-22)29(25,26)18-9-5-3-6-10-18;1-2-27-20-14-8-7-13-19(20)23(17-21(24)22-15-9-4-10-16-22)28(25,26)18-11-5-3-6-12-18;1-10(2)13-5-7-14(8-6-13)20-15(17)21-16-18-11(3)9-12(4)19-16;/h3,5-6,9-12,15H,4,7-8,13-14,16H2,1-2H3;3,5-8,11-14H,2,4,9-10,15-17H2,1H3;5-10H,1-4H3,(H3,17,18,19,20,21);1H4. The highest BCUT2D eigenvalue weighted by Gasteiger charge is 2.33. The Labute approximate surface area is 467 Å². The van der Waals surface area contributed by atoms with Crippen molar-refractivity contribution in [2.75, 3.05) is 74.0 Å². The zero-order valence-electron chi connectivity index (χ0n) is 45.7. The molecule has 3 N–H and O–H groups in total. The van der Waals surface area contributed by atoms with Crippen LogP contribution in [0.2, 0.25) is 0 Å². The number of guanidine groups is 1. The molecule has 0 atom stereocenters. The van der Waals surface area contributed by atoms with Crippen molar-refractivity contribution in [3.8, 4) is 17.2 Å². The molecule has 0 radical (unpaired) electrons. The number of amides is 2. The Morgan fingerprint density at radius 2 is 1.11 bits per heavy atom. The normalized spacial score (nSPS) is 13.5. The largest absolute Gasteiger partial charge is 0.497 e. The number of rotatable bonds is 17. The van der Waals surface area contributed by atoms with Crippen LogP contribution >= 0.6 is 0 Å². The van der Waals surface area contributed by atoms with Gasteiger partial charge in [0.2, 0.25) is 17.8 Å². The average Bonchev–Trinajstić information content (AvgIpc) is 3.55. The second kappa shape index (κ2) is 29.9. The Bertz CT molecular complexity index is 3130. The van der Waals surface area contributed by atoms with Gasteiger partial charge in [-0.3, -0.25) is 18.2 Å². The van der Waals surface area contributed by atoms with E-state index < -0.39 is 20.0 Å². The molecule has 2 aliphatic rings. The molecule has 0 saturated carbocycles. The van der Waals surface area contributed by atoms with Crippen LogP contribution in [0.4, 0.5) is 23.0 Å². The van der Waals surface area contributed by atoms with Gasteiger partial charge in [0, 0.05) is 49.3 Å². The number of para-hydroxylation sites is 2. The third-order valence-corrected chi connectivity index (χ3v) is 16.3. The first-order valence-corrected chi connectivity index (χ1v) is 29.0. The summed E-state index contributed by atoms with van der Waals surface area (Å²) in [6.07, 6.45) is 5.95. The molecule has 424 valence electrons. The van der Waals surface area contributed by atoms with Crippen LogP contribution in [0.25, 0.3) is 0 Å². The minimum atomic E-state index is -4.00. The van der Waals surface area contributed by atoms with Gasteiger partial charge in [0.25, 0.3) is 26.0 Å². The van der Waals surface area contributed by atoms with Crippen LogP contribution in [-0.4, -0.2) is 114 Å². The van der Waals surface area contributed by atoms with Gasteiger partial charge in [-0.15, -0.1) is 0 Å². The first-order valence-electron chi connectivity index (χ1n) is 26.1. The van der Waals surface area contributed by atoms with Crippen LogP contribution < -0.4 is 33.9 Å². The van der Waals surface area contributed by atoms with E-state index >= 15 is 0 Å². The number of benzene rings is 5.